The predicted molar refractivity (Wildman–Crippen MR) is 124 cm³/mol. The lowest BCUT2D eigenvalue weighted by atomic mass is 9.79. The van der Waals surface area contributed by atoms with Gasteiger partial charge in [0.05, 0.1) is 0 Å². The summed E-state index contributed by atoms with van der Waals surface area (Å²) < 4.78 is 0. The number of hydrogen-bond donors (Lipinski definition) is 1. The van der Waals surface area contributed by atoms with Gasteiger partial charge in [-0.3, -0.25) is 4.79 Å². The third-order valence-corrected chi connectivity index (χ3v) is 6.04. The van der Waals surface area contributed by atoms with Crippen LogP contribution in [0, 0.1) is 5.41 Å². The standard InChI is InChI=1S/C26H49NO/c1-4-5-6-7-8-9-10-11-12-13-14-15-16-17-18-19-20-27-24-21-25(28)23-26(2,3)22-24/h21,27H,4-20,22-23H2,1-3H3. The molecule has 0 heterocycles. The summed E-state index contributed by atoms with van der Waals surface area (Å²) in [4.78, 5) is 11.8. The number of ketones is 1. The molecule has 2 heteroatoms. The van der Waals surface area contributed by atoms with Crippen molar-refractivity contribution in [3.63, 3.8) is 0 Å². The Labute approximate surface area is 176 Å². The first-order chi connectivity index (χ1) is 13.5. The molecule has 0 unspecified atom stereocenters. The van der Waals surface area contributed by atoms with Gasteiger partial charge in [-0.1, -0.05) is 117 Å². The molecule has 2 nitrogen and oxygen atoms in total. The van der Waals surface area contributed by atoms with Crippen molar-refractivity contribution in [3.8, 4) is 0 Å². The number of allylic oxidation sites excluding steroid dienone is 2. The van der Waals surface area contributed by atoms with Crippen LogP contribution in [0.25, 0.3) is 0 Å². The van der Waals surface area contributed by atoms with E-state index in [2.05, 4.69) is 26.1 Å². The largest absolute Gasteiger partial charge is 0.388 e. The highest BCUT2D eigenvalue weighted by Crippen LogP contribution is 2.32. The zero-order valence-corrected chi connectivity index (χ0v) is 19.4. The minimum atomic E-state index is 0.128. The van der Waals surface area contributed by atoms with E-state index in [4.69, 9.17) is 0 Å². The van der Waals surface area contributed by atoms with Gasteiger partial charge < -0.3 is 5.32 Å². The Bertz CT molecular complexity index is 424. The summed E-state index contributed by atoms with van der Waals surface area (Å²) in [7, 11) is 0. The quantitative estimate of drug-likeness (QED) is 0.239. The molecule has 0 amide bonds. The van der Waals surface area contributed by atoms with Crippen LogP contribution in [0.4, 0.5) is 0 Å². The SMILES string of the molecule is CCCCCCCCCCCCCCCCCCNC1=CC(=O)CC(C)(C)C1. The second kappa shape index (κ2) is 16.1. The van der Waals surface area contributed by atoms with Crippen LogP contribution >= 0.6 is 0 Å². The van der Waals surface area contributed by atoms with Crippen molar-refractivity contribution >= 4 is 5.78 Å². The zero-order valence-electron chi connectivity index (χ0n) is 19.4. The molecule has 0 bridgehead atoms. The molecule has 0 radical (unpaired) electrons. The highest BCUT2D eigenvalue weighted by Gasteiger charge is 2.27. The molecule has 1 aliphatic carbocycles. The minimum absolute atomic E-state index is 0.128. The Kier molecular flexibility index (Phi) is 14.5. The molecule has 0 saturated carbocycles. The first-order valence-electron chi connectivity index (χ1n) is 12.5. The Morgan fingerprint density at radius 3 is 1.57 bits per heavy atom. The van der Waals surface area contributed by atoms with Crippen LogP contribution in [-0.4, -0.2) is 12.3 Å². The van der Waals surface area contributed by atoms with Crippen LogP contribution in [0.1, 0.15) is 136 Å². The van der Waals surface area contributed by atoms with Crippen LogP contribution in [0.15, 0.2) is 11.8 Å². The Hall–Kier alpha value is -0.790. The topological polar surface area (TPSA) is 29.1 Å². The molecule has 0 aliphatic heterocycles. The van der Waals surface area contributed by atoms with E-state index in [1.165, 1.54) is 103 Å². The number of unbranched alkanes of at least 4 members (excludes halogenated alkanes) is 15. The van der Waals surface area contributed by atoms with Gasteiger partial charge in [0.15, 0.2) is 5.78 Å². The van der Waals surface area contributed by atoms with Crippen molar-refractivity contribution < 1.29 is 4.79 Å². The molecular formula is C26H49NO. The van der Waals surface area contributed by atoms with E-state index in [0.717, 1.165) is 18.7 Å². The van der Waals surface area contributed by atoms with Crippen LogP contribution < -0.4 is 5.32 Å². The molecule has 1 aliphatic rings. The lowest BCUT2D eigenvalue weighted by Crippen LogP contribution is -2.28. The van der Waals surface area contributed by atoms with Crippen LogP contribution in [0.3, 0.4) is 0 Å². The molecule has 0 aromatic carbocycles. The molecule has 0 fully saturated rings. The van der Waals surface area contributed by atoms with Gasteiger partial charge in [-0.15, -0.1) is 0 Å². The van der Waals surface area contributed by atoms with E-state index in [0.29, 0.717) is 6.42 Å². The average Bonchev–Trinajstić information content (AvgIpc) is 2.62. The van der Waals surface area contributed by atoms with E-state index < -0.39 is 0 Å². The van der Waals surface area contributed by atoms with Crippen molar-refractivity contribution in [3.05, 3.63) is 11.8 Å². The third kappa shape index (κ3) is 14.2. The predicted octanol–water partition coefficient (Wildman–Crippen LogP) is 8.11. The van der Waals surface area contributed by atoms with Crippen molar-refractivity contribution in [2.24, 2.45) is 5.41 Å². The van der Waals surface area contributed by atoms with Gasteiger partial charge in [-0.25, -0.2) is 0 Å². The highest BCUT2D eigenvalue weighted by atomic mass is 16.1. The molecule has 28 heavy (non-hydrogen) atoms. The first-order valence-corrected chi connectivity index (χ1v) is 12.5. The zero-order chi connectivity index (χ0) is 20.5. The number of carbonyl (C=O) groups excluding carboxylic acids is 1. The Morgan fingerprint density at radius 1 is 0.714 bits per heavy atom. The van der Waals surface area contributed by atoms with E-state index in [1.807, 2.05) is 6.08 Å². The van der Waals surface area contributed by atoms with Gasteiger partial charge in [-0.2, -0.15) is 0 Å². The highest BCUT2D eigenvalue weighted by molar-refractivity contribution is 5.91. The van der Waals surface area contributed by atoms with Crippen LogP contribution in [0.2, 0.25) is 0 Å². The number of nitrogens with one attached hydrogen (secondary N) is 1. The lowest BCUT2D eigenvalue weighted by Gasteiger charge is -2.29. The summed E-state index contributed by atoms with van der Waals surface area (Å²) in [6, 6.07) is 0. The fourth-order valence-electron chi connectivity index (χ4n) is 4.38. The van der Waals surface area contributed by atoms with E-state index in [1.54, 1.807) is 0 Å². The summed E-state index contributed by atoms with van der Waals surface area (Å²) in [5.74, 6) is 0.283. The second-order valence-corrected chi connectivity index (χ2v) is 9.88. The fourth-order valence-corrected chi connectivity index (χ4v) is 4.38. The van der Waals surface area contributed by atoms with E-state index in [-0.39, 0.29) is 11.2 Å². The molecule has 1 N–H and O–H groups in total. The van der Waals surface area contributed by atoms with Crippen LogP contribution in [0.5, 0.6) is 0 Å². The third-order valence-electron chi connectivity index (χ3n) is 6.04. The molecule has 0 aromatic heterocycles. The monoisotopic (exact) mass is 391 g/mol. The molecule has 164 valence electrons. The lowest BCUT2D eigenvalue weighted by molar-refractivity contribution is -0.117. The van der Waals surface area contributed by atoms with Crippen LogP contribution in [-0.2, 0) is 4.79 Å². The maximum Gasteiger partial charge on any atom is 0.157 e. The van der Waals surface area contributed by atoms with Gasteiger partial charge in [0.2, 0.25) is 0 Å². The number of hydrogen-bond acceptors (Lipinski definition) is 2. The number of carbonyl (C=O) groups is 1. The average molecular weight is 392 g/mol. The van der Waals surface area contributed by atoms with Crippen molar-refractivity contribution in [1.82, 2.24) is 5.32 Å². The molecular weight excluding hydrogens is 342 g/mol. The number of rotatable bonds is 18. The molecule has 0 atom stereocenters. The van der Waals surface area contributed by atoms with Gasteiger partial charge in [0.25, 0.3) is 0 Å². The summed E-state index contributed by atoms with van der Waals surface area (Å²) >= 11 is 0. The molecule has 1 rings (SSSR count). The maximum absolute atomic E-state index is 11.8. The van der Waals surface area contributed by atoms with E-state index >= 15 is 0 Å². The molecule has 0 spiro atoms. The van der Waals surface area contributed by atoms with Crippen molar-refractivity contribution in [2.45, 2.75) is 136 Å². The Morgan fingerprint density at radius 2 is 1.14 bits per heavy atom. The van der Waals surface area contributed by atoms with Gasteiger partial charge in [0, 0.05) is 24.7 Å². The Balaban J connectivity index is 1.79. The van der Waals surface area contributed by atoms with Gasteiger partial charge in [0.1, 0.15) is 0 Å². The molecule has 0 saturated heterocycles. The summed E-state index contributed by atoms with van der Waals surface area (Å²) in [6.45, 7) is 7.69. The second-order valence-electron chi connectivity index (χ2n) is 9.88. The van der Waals surface area contributed by atoms with Gasteiger partial charge in [-0.05, 0) is 18.3 Å². The van der Waals surface area contributed by atoms with Crippen molar-refractivity contribution in [2.75, 3.05) is 6.54 Å². The minimum Gasteiger partial charge on any atom is -0.388 e. The fraction of sp³-hybridized carbons (Fsp3) is 0.885. The van der Waals surface area contributed by atoms with Crippen molar-refractivity contribution in [1.29, 1.82) is 0 Å². The summed E-state index contributed by atoms with van der Waals surface area (Å²) in [5, 5.41) is 3.50. The summed E-state index contributed by atoms with van der Waals surface area (Å²) in [5.41, 5.74) is 1.28. The summed E-state index contributed by atoms with van der Waals surface area (Å²) in [6.07, 6.45) is 26.1. The van der Waals surface area contributed by atoms with E-state index in [9.17, 15) is 4.79 Å². The normalized spacial score (nSPS) is 16.2. The first kappa shape index (κ1) is 25.2. The molecule has 0 aromatic rings. The van der Waals surface area contributed by atoms with Gasteiger partial charge >= 0.3 is 0 Å². The maximum atomic E-state index is 11.8. The smallest absolute Gasteiger partial charge is 0.157 e.